The predicted octanol–water partition coefficient (Wildman–Crippen LogP) is 5.94. The Bertz CT molecular complexity index is 269. The molecule has 0 aromatic carbocycles. The molecule has 158 valence electrons. The van der Waals surface area contributed by atoms with Crippen molar-refractivity contribution in [1.29, 1.82) is 0 Å². The number of hydrogen-bond donors (Lipinski definition) is 1. The summed E-state index contributed by atoms with van der Waals surface area (Å²) >= 11 is 0. The Morgan fingerprint density at radius 1 is 0.577 bits per heavy atom. The van der Waals surface area contributed by atoms with Crippen LogP contribution < -0.4 is 0 Å². The molecule has 0 unspecified atom stereocenters. The largest absolute Gasteiger partial charge is 0.391 e. The molecule has 0 amide bonds. The molecule has 1 N–H and O–H groups in total. The highest BCUT2D eigenvalue weighted by atomic mass is 16.5. The molecular weight excluding hydrogens is 322 g/mol. The number of aliphatic hydroxyl groups is 1. The lowest BCUT2D eigenvalue weighted by Gasteiger charge is -2.28. The lowest BCUT2D eigenvalue weighted by Crippen LogP contribution is -2.43. The average molecular weight is 373 g/mol. The molecule has 0 fully saturated rings. The normalized spacial score (nSPS) is 12.0. The van der Waals surface area contributed by atoms with Crippen LogP contribution in [0, 0.1) is 0 Å². The standard InChI is InChI=1S/C23H50NO2/c1-4-5-6-7-8-9-10-11-12-13-14-15-16-17-22-26-23-18-19-24(2,3)20-21-25/h25H,4-23H2,1-3H3/q+1. The fourth-order valence-electron chi connectivity index (χ4n) is 3.48. The van der Waals surface area contributed by atoms with Crippen LogP contribution in [-0.4, -0.2) is 56.6 Å². The number of aliphatic hydroxyl groups excluding tert-OH is 1. The van der Waals surface area contributed by atoms with Crippen LogP contribution in [0.1, 0.15) is 103 Å². The van der Waals surface area contributed by atoms with Crippen molar-refractivity contribution < 1.29 is 14.3 Å². The summed E-state index contributed by atoms with van der Waals surface area (Å²) in [6.07, 6.45) is 20.8. The van der Waals surface area contributed by atoms with Crippen molar-refractivity contribution >= 4 is 0 Å². The first-order valence-corrected chi connectivity index (χ1v) is 11.6. The fourth-order valence-corrected chi connectivity index (χ4v) is 3.48. The second kappa shape index (κ2) is 19.6. The summed E-state index contributed by atoms with van der Waals surface area (Å²) in [5.41, 5.74) is 0. The van der Waals surface area contributed by atoms with Crippen molar-refractivity contribution in [3.8, 4) is 0 Å². The molecule has 0 aromatic rings. The zero-order valence-electron chi connectivity index (χ0n) is 18.4. The van der Waals surface area contributed by atoms with Gasteiger partial charge in [0.05, 0.1) is 33.9 Å². The smallest absolute Gasteiger partial charge is 0.102 e. The van der Waals surface area contributed by atoms with Gasteiger partial charge < -0.3 is 14.3 Å². The van der Waals surface area contributed by atoms with Crippen molar-refractivity contribution in [2.75, 3.05) is 47.0 Å². The van der Waals surface area contributed by atoms with Gasteiger partial charge in [-0.25, -0.2) is 0 Å². The van der Waals surface area contributed by atoms with Crippen LogP contribution in [0.2, 0.25) is 0 Å². The summed E-state index contributed by atoms with van der Waals surface area (Å²) < 4.78 is 6.63. The number of hydrogen-bond acceptors (Lipinski definition) is 2. The highest BCUT2D eigenvalue weighted by Gasteiger charge is 2.12. The van der Waals surface area contributed by atoms with E-state index in [1.54, 1.807) is 0 Å². The van der Waals surface area contributed by atoms with Crippen LogP contribution in [-0.2, 0) is 4.74 Å². The van der Waals surface area contributed by atoms with E-state index in [2.05, 4.69) is 21.0 Å². The summed E-state index contributed by atoms with van der Waals surface area (Å²) in [5.74, 6) is 0. The summed E-state index contributed by atoms with van der Waals surface area (Å²) in [4.78, 5) is 0. The average Bonchev–Trinajstić information content (AvgIpc) is 2.60. The first kappa shape index (κ1) is 25.9. The minimum atomic E-state index is 0.271. The van der Waals surface area contributed by atoms with E-state index in [-0.39, 0.29) is 6.61 Å². The third kappa shape index (κ3) is 20.2. The van der Waals surface area contributed by atoms with Crippen molar-refractivity contribution in [2.45, 2.75) is 103 Å². The van der Waals surface area contributed by atoms with Crippen molar-refractivity contribution in [3.63, 3.8) is 0 Å². The minimum absolute atomic E-state index is 0.271. The molecule has 3 nitrogen and oxygen atoms in total. The molecule has 0 aromatic heterocycles. The maximum Gasteiger partial charge on any atom is 0.102 e. The fraction of sp³-hybridized carbons (Fsp3) is 1.00. The first-order chi connectivity index (χ1) is 12.6. The van der Waals surface area contributed by atoms with Gasteiger partial charge in [0.1, 0.15) is 6.54 Å². The molecule has 0 radical (unpaired) electrons. The van der Waals surface area contributed by atoms with Crippen LogP contribution >= 0.6 is 0 Å². The van der Waals surface area contributed by atoms with Gasteiger partial charge >= 0.3 is 0 Å². The Kier molecular flexibility index (Phi) is 19.5. The first-order valence-electron chi connectivity index (χ1n) is 11.6. The highest BCUT2D eigenvalue weighted by molar-refractivity contribution is 4.49. The number of ether oxygens (including phenoxy) is 1. The second-order valence-corrected chi connectivity index (χ2v) is 8.67. The zero-order valence-corrected chi connectivity index (χ0v) is 18.4. The van der Waals surface area contributed by atoms with E-state index in [0.717, 1.165) is 37.2 Å². The van der Waals surface area contributed by atoms with Gasteiger partial charge in [-0.15, -0.1) is 0 Å². The lowest BCUT2D eigenvalue weighted by atomic mass is 10.0. The molecule has 0 rings (SSSR count). The SMILES string of the molecule is CCCCCCCCCCCCCCCCOCCC[N+](C)(C)CCO. The molecular formula is C23H50NO2+. The Labute approximate surface area is 165 Å². The van der Waals surface area contributed by atoms with Crippen molar-refractivity contribution in [2.24, 2.45) is 0 Å². The molecule has 0 spiro atoms. The van der Waals surface area contributed by atoms with E-state index in [0.29, 0.717) is 0 Å². The molecule has 0 aliphatic carbocycles. The maximum absolute atomic E-state index is 9.01. The Morgan fingerprint density at radius 3 is 1.46 bits per heavy atom. The van der Waals surface area contributed by atoms with Crippen molar-refractivity contribution in [1.82, 2.24) is 0 Å². The van der Waals surface area contributed by atoms with Crippen LogP contribution in [0.5, 0.6) is 0 Å². The molecule has 26 heavy (non-hydrogen) atoms. The third-order valence-corrected chi connectivity index (χ3v) is 5.40. The lowest BCUT2D eigenvalue weighted by molar-refractivity contribution is -0.890. The van der Waals surface area contributed by atoms with E-state index in [9.17, 15) is 0 Å². The van der Waals surface area contributed by atoms with Gasteiger partial charge in [-0.3, -0.25) is 0 Å². The molecule has 0 saturated carbocycles. The number of quaternary nitrogens is 1. The molecule has 3 heteroatoms. The molecule has 0 bridgehead atoms. The number of nitrogens with zero attached hydrogens (tertiary/aromatic N) is 1. The Balaban J connectivity index is 3.09. The van der Waals surface area contributed by atoms with Gasteiger partial charge in [0.25, 0.3) is 0 Å². The quantitative estimate of drug-likeness (QED) is 0.199. The summed E-state index contributed by atoms with van der Waals surface area (Å²) in [5, 5.41) is 9.01. The van der Waals surface area contributed by atoms with Gasteiger partial charge in [0.2, 0.25) is 0 Å². The predicted molar refractivity (Wildman–Crippen MR) is 115 cm³/mol. The van der Waals surface area contributed by atoms with E-state index < -0.39 is 0 Å². The van der Waals surface area contributed by atoms with Gasteiger partial charge in [-0.1, -0.05) is 90.4 Å². The Morgan fingerprint density at radius 2 is 1.00 bits per heavy atom. The summed E-state index contributed by atoms with van der Waals surface area (Å²) in [6, 6.07) is 0. The monoisotopic (exact) mass is 372 g/mol. The van der Waals surface area contributed by atoms with Crippen LogP contribution in [0.3, 0.4) is 0 Å². The molecule has 0 atom stereocenters. The number of rotatable bonds is 21. The van der Waals surface area contributed by atoms with Gasteiger partial charge in [-0.05, 0) is 6.42 Å². The van der Waals surface area contributed by atoms with Crippen LogP contribution in [0.15, 0.2) is 0 Å². The summed E-state index contributed by atoms with van der Waals surface area (Å²) in [6.45, 7) is 6.26. The zero-order chi connectivity index (χ0) is 19.3. The minimum Gasteiger partial charge on any atom is -0.391 e. The van der Waals surface area contributed by atoms with Gasteiger partial charge in [0.15, 0.2) is 0 Å². The second-order valence-electron chi connectivity index (χ2n) is 8.67. The molecule has 0 heterocycles. The third-order valence-electron chi connectivity index (χ3n) is 5.40. The topological polar surface area (TPSA) is 29.5 Å². The van der Waals surface area contributed by atoms with Gasteiger partial charge in [-0.2, -0.15) is 0 Å². The van der Waals surface area contributed by atoms with E-state index in [1.807, 2.05) is 0 Å². The molecule has 0 aliphatic heterocycles. The van der Waals surface area contributed by atoms with Crippen molar-refractivity contribution in [3.05, 3.63) is 0 Å². The Hall–Kier alpha value is -0.120. The molecule has 0 saturated heterocycles. The van der Waals surface area contributed by atoms with E-state index >= 15 is 0 Å². The van der Waals surface area contributed by atoms with Crippen LogP contribution in [0.4, 0.5) is 0 Å². The highest BCUT2D eigenvalue weighted by Crippen LogP contribution is 2.13. The van der Waals surface area contributed by atoms with E-state index in [4.69, 9.17) is 9.84 Å². The van der Waals surface area contributed by atoms with Crippen LogP contribution in [0.25, 0.3) is 0 Å². The van der Waals surface area contributed by atoms with Gasteiger partial charge in [0, 0.05) is 13.0 Å². The number of unbranched alkanes of at least 4 members (excludes halogenated alkanes) is 13. The van der Waals surface area contributed by atoms with E-state index in [1.165, 1.54) is 89.9 Å². The number of likely N-dealkylation sites (N-methyl/N-ethyl adjacent to an activating group) is 1. The summed E-state index contributed by atoms with van der Waals surface area (Å²) in [7, 11) is 4.34. The maximum atomic E-state index is 9.01. The molecule has 0 aliphatic rings.